The molecule has 4 atom stereocenters. The van der Waals surface area contributed by atoms with E-state index in [0.29, 0.717) is 0 Å². The first-order chi connectivity index (χ1) is 11.0. The quantitative estimate of drug-likeness (QED) is 0.617. The van der Waals surface area contributed by atoms with Crippen LogP contribution in [-0.4, -0.2) is 21.9 Å². The van der Waals surface area contributed by atoms with E-state index < -0.39 is 17.3 Å². The number of rotatable bonds is 1. The van der Waals surface area contributed by atoms with Crippen LogP contribution in [0, 0.1) is 35.5 Å². The van der Waals surface area contributed by atoms with Gasteiger partial charge in [-0.3, -0.25) is 0 Å². The van der Waals surface area contributed by atoms with Crippen molar-refractivity contribution in [2.45, 2.75) is 37.6 Å². The molecule has 1 aromatic carbocycles. The minimum Gasteiger partial charge on any atom is -0.508 e. The van der Waals surface area contributed by atoms with Gasteiger partial charge in [-0.15, -0.1) is 0 Å². The first-order valence-electron chi connectivity index (χ1n) is 7.90. The highest BCUT2D eigenvalue weighted by Gasteiger charge is 2.80. The van der Waals surface area contributed by atoms with Crippen LogP contribution in [0.3, 0.4) is 0 Å². The van der Waals surface area contributed by atoms with Crippen molar-refractivity contribution in [3.05, 3.63) is 41.5 Å². The molecule has 1 aromatic rings. The van der Waals surface area contributed by atoms with Crippen LogP contribution in [0.5, 0.6) is 5.75 Å². The molecule has 116 valence electrons. The number of fused-ring (bicyclic) bond motifs is 1. The third-order valence-electron chi connectivity index (χ3n) is 5.27. The first-order valence-corrected chi connectivity index (χ1v) is 7.90. The van der Waals surface area contributed by atoms with Crippen molar-refractivity contribution in [1.29, 1.82) is 0 Å². The van der Waals surface area contributed by atoms with Crippen LogP contribution in [0.4, 0.5) is 0 Å². The molecule has 23 heavy (non-hydrogen) atoms. The van der Waals surface area contributed by atoms with Crippen molar-refractivity contribution < 1.29 is 14.9 Å². The average Bonchev–Trinajstić information content (AvgIpc) is 3.24. The lowest BCUT2D eigenvalue weighted by Gasteiger charge is -2.35. The summed E-state index contributed by atoms with van der Waals surface area (Å²) >= 11 is 0. The van der Waals surface area contributed by atoms with Crippen LogP contribution < -0.4 is 0 Å². The molecule has 0 unspecified atom stereocenters. The highest BCUT2D eigenvalue weighted by Crippen LogP contribution is 2.68. The number of aliphatic hydroxyl groups excluding tert-OH is 1. The highest BCUT2D eigenvalue weighted by atomic mass is 16.6. The standard InChI is InChI=1S/C20H18O3/c1-13(2)19-15-7-5-3-4-6-8-18(22)20(19,23-19)17-12-16(21)10-9-14(17)11-15/h3-4,9-10,12-13,15,18,21-22H,11H2,1-2H3/b4-3-/t15-,18-,19+,20+/m1/s1. The Balaban J connectivity index is 2.02. The van der Waals surface area contributed by atoms with Gasteiger partial charge in [0.05, 0.1) is 5.92 Å². The van der Waals surface area contributed by atoms with E-state index in [0.717, 1.165) is 17.5 Å². The van der Waals surface area contributed by atoms with Gasteiger partial charge in [0, 0.05) is 0 Å². The maximum Gasteiger partial charge on any atom is 0.162 e. The van der Waals surface area contributed by atoms with E-state index in [4.69, 9.17) is 4.74 Å². The Kier molecular flexibility index (Phi) is 2.91. The number of phenolic OH excluding ortho intramolecular Hbond substituents is 1. The molecule has 1 heterocycles. The molecule has 0 amide bonds. The van der Waals surface area contributed by atoms with Crippen LogP contribution in [0.2, 0.25) is 0 Å². The Hall–Kier alpha value is -2.20. The monoisotopic (exact) mass is 306 g/mol. The van der Waals surface area contributed by atoms with Crippen LogP contribution in [0.25, 0.3) is 0 Å². The summed E-state index contributed by atoms with van der Waals surface area (Å²) < 4.78 is 6.31. The number of epoxide rings is 1. The van der Waals surface area contributed by atoms with E-state index in [9.17, 15) is 10.2 Å². The number of hydrogen-bond acceptors (Lipinski definition) is 3. The summed E-state index contributed by atoms with van der Waals surface area (Å²) in [6, 6.07) is 5.27. The number of benzene rings is 1. The average molecular weight is 306 g/mol. The zero-order valence-electron chi connectivity index (χ0n) is 13.1. The van der Waals surface area contributed by atoms with E-state index in [1.54, 1.807) is 24.3 Å². The molecule has 0 aromatic heterocycles. The molecule has 3 aliphatic rings. The van der Waals surface area contributed by atoms with Crippen molar-refractivity contribution in [3.8, 4) is 29.4 Å². The van der Waals surface area contributed by atoms with Crippen molar-refractivity contribution in [2.75, 3.05) is 0 Å². The Morgan fingerprint density at radius 3 is 2.70 bits per heavy atom. The van der Waals surface area contributed by atoms with Crippen LogP contribution in [0.1, 0.15) is 25.0 Å². The lowest BCUT2D eigenvalue weighted by molar-refractivity contribution is 0.118. The van der Waals surface area contributed by atoms with Crippen molar-refractivity contribution >= 4 is 0 Å². The number of phenols is 1. The molecular formula is C20H18O3. The third-order valence-corrected chi connectivity index (χ3v) is 5.27. The smallest absolute Gasteiger partial charge is 0.162 e. The van der Waals surface area contributed by atoms with Gasteiger partial charge in [0.15, 0.2) is 11.7 Å². The summed E-state index contributed by atoms with van der Waals surface area (Å²) in [5.41, 5.74) is 0.419. The van der Waals surface area contributed by atoms with Gasteiger partial charge >= 0.3 is 0 Å². The van der Waals surface area contributed by atoms with Gasteiger partial charge in [0.25, 0.3) is 0 Å². The van der Waals surface area contributed by atoms with Gasteiger partial charge in [-0.1, -0.05) is 43.6 Å². The third kappa shape index (κ3) is 1.70. The summed E-state index contributed by atoms with van der Waals surface area (Å²) in [5, 5.41) is 20.8. The van der Waals surface area contributed by atoms with Crippen molar-refractivity contribution in [2.24, 2.45) is 11.8 Å². The minimum atomic E-state index is -0.960. The molecular weight excluding hydrogens is 288 g/mol. The second kappa shape index (κ2) is 4.65. The van der Waals surface area contributed by atoms with Gasteiger partial charge < -0.3 is 14.9 Å². The molecule has 2 bridgehead atoms. The molecule has 0 spiro atoms. The first kappa shape index (κ1) is 14.4. The van der Waals surface area contributed by atoms with Gasteiger partial charge in [0.1, 0.15) is 11.4 Å². The van der Waals surface area contributed by atoms with Crippen LogP contribution >= 0.6 is 0 Å². The van der Waals surface area contributed by atoms with E-state index in [-0.39, 0.29) is 17.6 Å². The molecule has 1 saturated heterocycles. The van der Waals surface area contributed by atoms with Gasteiger partial charge in [-0.25, -0.2) is 0 Å². The SMILES string of the molecule is CC(C)[C@@]12O[C@]13c1cc(O)ccc1C[C@H]2C#C/C=C\C#C[C@H]3O. The van der Waals surface area contributed by atoms with Crippen molar-refractivity contribution in [3.63, 3.8) is 0 Å². The number of ether oxygens (including phenoxy) is 1. The molecule has 3 heteroatoms. The molecule has 2 aliphatic carbocycles. The van der Waals surface area contributed by atoms with Gasteiger partial charge in [0.2, 0.25) is 0 Å². The van der Waals surface area contributed by atoms with E-state index in [2.05, 4.69) is 37.5 Å². The molecule has 0 saturated carbocycles. The summed E-state index contributed by atoms with van der Waals surface area (Å²) in [5.74, 6) is 12.4. The lowest BCUT2D eigenvalue weighted by atomic mass is 9.63. The zero-order chi connectivity index (χ0) is 16.2. The number of aromatic hydroxyl groups is 1. The fourth-order valence-electron chi connectivity index (χ4n) is 4.28. The van der Waals surface area contributed by atoms with E-state index in [1.165, 1.54) is 0 Å². The summed E-state index contributed by atoms with van der Waals surface area (Å²) in [6.45, 7) is 4.18. The summed E-state index contributed by atoms with van der Waals surface area (Å²) in [7, 11) is 0. The zero-order valence-corrected chi connectivity index (χ0v) is 13.1. The summed E-state index contributed by atoms with van der Waals surface area (Å²) in [6.07, 6.45) is 3.15. The summed E-state index contributed by atoms with van der Waals surface area (Å²) in [4.78, 5) is 0. The van der Waals surface area contributed by atoms with Gasteiger partial charge in [-0.05, 0) is 47.8 Å². The Morgan fingerprint density at radius 2 is 1.96 bits per heavy atom. The van der Waals surface area contributed by atoms with Crippen molar-refractivity contribution in [1.82, 2.24) is 0 Å². The normalized spacial score (nSPS) is 37.4. The maximum absolute atomic E-state index is 10.8. The Morgan fingerprint density at radius 1 is 1.22 bits per heavy atom. The predicted octanol–water partition coefficient (Wildman–Crippen LogP) is 2.12. The molecule has 0 radical (unpaired) electrons. The van der Waals surface area contributed by atoms with E-state index >= 15 is 0 Å². The molecule has 1 aliphatic heterocycles. The highest BCUT2D eigenvalue weighted by molar-refractivity contribution is 5.53. The van der Waals surface area contributed by atoms with Gasteiger partial charge in [-0.2, -0.15) is 0 Å². The topological polar surface area (TPSA) is 53.0 Å². The second-order valence-corrected chi connectivity index (χ2v) is 6.70. The maximum atomic E-state index is 10.8. The fraction of sp³-hybridized carbons (Fsp3) is 0.400. The Labute approximate surface area is 136 Å². The number of aliphatic hydroxyl groups is 1. The molecule has 3 nitrogen and oxygen atoms in total. The molecule has 2 N–H and O–H groups in total. The minimum absolute atomic E-state index is 0.0151. The van der Waals surface area contributed by atoms with Crippen LogP contribution in [0.15, 0.2) is 30.4 Å². The largest absolute Gasteiger partial charge is 0.508 e. The van der Waals surface area contributed by atoms with Crippen LogP contribution in [-0.2, 0) is 16.8 Å². The number of allylic oxidation sites excluding steroid dienone is 2. The second-order valence-electron chi connectivity index (χ2n) is 6.70. The lowest BCUT2D eigenvalue weighted by Crippen LogP contribution is -2.46. The van der Waals surface area contributed by atoms with E-state index in [1.807, 2.05) is 6.07 Å². The molecule has 1 fully saturated rings. The predicted molar refractivity (Wildman–Crippen MR) is 86.3 cm³/mol. The molecule has 4 rings (SSSR count). The fourth-order valence-corrected chi connectivity index (χ4v) is 4.28. The number of hydrogen-bond donors (Lipinski definition) is 2. The Bertz CT molecular complexity index is 830.